The van der Waals surface area contributed by atoms with E-state index in [2.05, 4.69) is 32.2 Å². The summed E-state index contributed by atoms with van der Waals surface area (Å²) in [5.74, 6) is -1.23. The van der Waals surface area contributed by atoms with Gasteiger partial charge in [0.15, 0.2) is 6.61 Å². The molecule has 2 bridgehead atoms. The van der Waals surface area contributed by atoms with Crippen LogP contribution in [0.15, 0.2) is 48.5 Å². The fourth-order valence-corrected chi connectivity index (χ4v) is 5.33. The molecule has 12 heteroatoms. The van der Waals surface area contributed by atoms with Crippen molar-refractivity contribution in [1.82, 2.24) is 26.2 Å². The lowest BCUT2D eigenvalue weighted by atomic mass is 10.0. The van der Waals surface area contributed by atoms with E-state index in [0.29, 0.717) is 68.9 Å². The number of hydrogen-bond donors (Lipinski definition) is 5. The molecule has 1 heterocycles. The van der Waals surface area contributed by atoms with Crippen molar-refractivity contribution in [3.8, 4) is 11.8 Å². The molecule has 5 N–H and O–H groups in total. The predicted molar refractivity (Wildman–Crippen MR) is 177 cm³/mol. The molecule has 3 rings (SSSR count). The summed E-state index contributed by atoms with van der Waals surface area (Å²) >= 11 is 0. The van der Waals surface area contributed by atoms with Gasteiger partial charge in [0, 0.05) is 26.2 Å². The zero-order valence-electron chi connectivity index (χ0n) is 27.6. The zero-order chi connectivity index (χ0) is 34.2. The van der Waals surface area contributed by atoms with Crippen LogP contribution in [0.4, 0.5) is 0 Å². The van der Waals surface area contributed by atoms with Gasteiger partial charge in [-0.25, -0.2) is 0 Å². The Kier molecular flexibility index (Phi) is 15.2. The van der Waals surface area contributed by atoms with Crippen LogP contribution in [-0.4, -0.2) is 84.6 Å². The van der Waals surface area contributed by atoms with Gasteiger partial charge in [0.25, 0.3) is 5.91 Å². The Labute approximate surface area is 277 Å². The lowest BCUT2D eigenvalue weighted by Gasteiger charge is -2.26. The maximum atomic E-state index is 13.3. The van der Waals surface area contributed by atoms with E-state index in [-0.39, 0.29) is 24.9 Å². The number of carbonyl (C=O) groups excluding carboxylic acids is 4. The van der Waals surface area contributed by atoms with Crippen molar-refractivity contribution in [2.24, 2.45) is 5.92 Å². The van der Waals surface area contributed by atoms with Crippen molar-refractivity contribution in [1.29, 1.82) is 5.26 Å². The van der Waals surface area contributed by atoms with Gasteiger partial charge in [-0.15, -0.1) is 0 Å². The van der Waals surface area contributed by atoms with Gasteiger partial charge >= 0.3 is 0 Å². The molecular weight excluding hydrogens is 600 g/mol. The van der Waals surface area contributed by atoms with E-state index < -0.39 is 35.9 Å². The van der Waals surface area contributed by atoms with Crippen LogP contribution >= 0.6 is 0 Å². The Morgan fingerprint density at radius 2 is 1.66 bits per heavy atom. The summed E-state index contributed by atoms with van der Waals surface area (Å²) in [6.45, 7) is 7.80. The number of nitriles is 1. The molecule has 0 aromatic heterocycles. The lowest BCUT2D eigenvalue weighted by Crippen LogP contribution is -2.57. The molecule has 2 aromatic rings. The highest BCUT2D eigenvalue weighted by Gasteiger charge is 2.30. The largest absolute Gasteiger partial charge is 0.484 e. The molecule has 0 saturated heterocycles. The van der Waals surface area contributed by atoms with Crippen LogP contribution in [0.1, 0.15) is 63.1 Å². The summed E-state index contributed by atoms with van der Waals surface area (Å²) in [6.07, 6.45) is 1.20. The molecule has 4 amide bonds. The first-order valence-corrected chi connectivity index (χ1v) is 16.3. The fraction of sp³-hybridized carbons (Fsp3) is 0.514. The van der Waals surface area contributed by atoms with Gasteiger partial charge in [-0.3, -0.25) is 24.1 Å². The predicted octanol–water partition coefficient (Wildman–Crippen LogP) is 1.79. The number of ether oxygens (including phenoxy) is 1. The van der Waals surface area contributed by atoms with Gasteiger partial charge in [-0.1, -0.05) is 44.2 Å². The minimum atomic E-state index is -1.19. The molecule has 0 unspecified atom stereocenters. The molecule has 0 saturated carbocycles. The number of aliphatic hydroxyl groups is 1. The molecule has 254 valence electrons. The topological polar surface area (TPSA) is 173 Å². The van der Waals surface area contributed by atoms with Gasteiger partial charge in [0.2, 0.25) is 17.7 Å². The van der Waals surface area contributed by atoms with Crippen LogP contribution < -0.4 is 26.0 Å². The number of nitrogens with one attached hydrogen (secondary N) is 4. The Morgan fingerprint density at radius 1 is 0.915 bits per heavy atom. The molecule has 47 heavy (non-hydrogen) atoms. The molecule has 3 atom stereocenters. The fourth-order valence-electron chi connectivity index (χ4n) is 5.33. The highest BCUT2D eigenvalue weighted by Crippen LogP contribution is 2.15. The van der Waals surface area contributed by atoms with Crippen molar-refractivity contribution < 1.29 is 29.0 Å². The molecular formula is C35H48N6O6. The van der Waals surface area contributed by atoms with Crippen LogP contribution in [-0.2, 0) is 32.1 Å². The van der Waals surface area contributed by atoms with Gasteiger partial charge in [0.1, 0.15) is 17.8 Å². The molecule has 0 spiro atoms. The summed E-state index contributed by atoms with van der Waals surface area (Å²) < 4.78 is 5.68. The van der Waals surface area contributed by atoms with Gasteiger partial charge in [-0.05, 0) is 74.4 Å². The molecule has 1 aliphatic rings. The van der Waals surface area contributed by atoms with E-state index >= 15 is 0 Å². The average molecular weight is 649 g/mol. The second kappa shape index (κ2) is 19.3. The first kappa shape index (κ1) is 37.0. The molecule has 0 radical (unpaired) electrons. The van der Waals surface area contributed by atoms with Crippen LogP contribution in [0, 0.1) is 17.2 Å². The Bertz CT molecular complexity index is 1390. The van der Waals surface area contributed by atoms with E-state index in [1.54, 1.807) is 30.3 Å². The van der Waals surface area contributed by atoms with Crippen LogP contribution in [0.3, 0.4) is 0 Å². The number of aliphatic hydroxyl groups excluding tert-OH is 1. The minimum absolute atomic E-state index is 0.0269. The van der Waals surface area contributed by atoms with E-state index in [9.17, 15) is 29.5 Å². The van der Waals surface area contributed by atoms with Crippen molar-refractivity contribution in [3.63, 3.8) is 0 Å². The zero-order valence-corrected chi connectivity index (χ0v) is 27.6. The lowest BCUT2D eigenvalue weighted by molar-refractivity contribution is -0.134. The summed E-state index contributed by atoms with van der Waals surface area (Å²) in [5, 5.41) is 31.1. The number of rotatable bonds is 5. The number of nitrogens with zero attached hydrogens (tertiary/aromatic N) is 2. The third kappa shape index (κ3) is 13.0. The average Bonchev–Trinajstić information content (AvgIpc) is 3.03. The quantitative estimate of drug-likeness (QED) is 0.327. The van der Waals surface area contributed by atoms with E-state index in [0.717, 1.165) is 12.0 Å². The normalized spacial score (nSPS) is 20.8. The maximum absolute atomic E-state index is 13.3. The molecule has 0 fully saturated rings. The summed E-state index contributed by atoms with van der Waals surface area (Å²) in [4.78, 5) is 54.0. The van der Waals surface area contributed by atoms with Crippen molar-refractivity contribution in [2.45, 2.75) is 77.6 Å². The van der Waals surface area contributed by atoms with Gasteiger partial charge in [0.05, 0.1) is 24.2 Å². The number of hydrogen-bond acceptors (Lipinski definition) is 8. The summed E-state index contributed by atoms with van der Waals surface area (Å²) in [7, 11) is 0. The number of amides is 4. The molecule has 1 aliphatic heterocycles. The monoisotopic (exact) mass is 648 g/mol. The number of benzene rings is 2. The number of fused-ring (bicyclic) bond motifs is 2. The van der Waals surface area contributed by atoms with E-state index in [1.165, 1.54) is 6.92 Å². The van der Waals surface area contributed by atoms with Crippen molar-refractivity contribution in [2.75, 3.05) is 32.8 Å². The smallest absolute Gasteiger partial charge is 0.257 e. The minimum Gasteiger partial charge on any atom is -0.484 e. The standard InChI is InChI=1S/C35H48N6O6/c1-24(2)18-30-34(45)40-33(25(3)42)35(46)38-14-6-7-16-41(22-28-12-5-4-11-27(28)21-36)17-9-15-37-32(44)23-47-29-13-8-10-26(19-29)20-31(43)39-30/h4-5,8,10-13,19,24-25,30,33,42H,6-7,9,14-18,20,22-23H2,1-3H3,(H,37,44)(H,38,46)(H,39,43)(H,40,45)/t25-,30-,33+/m1/s1. The first-order valence-electron chi connectivity index (χ1n) is 16.3. The van der Waals surface area contributed by atoms with Gasteiger partial charge in [-0.2, -0.15) is 5.26 Å². The first-order chi connectivity index (χ1) is 22.5. The van der Waals surface area contributed by atoms with Crippen LogP contribution in [0.25, 0.3) is 0 Å². The van der Waals surface area contributed by atoms with E-state index in [1.807, 2.05) is 32.0 Å². The van der Waals surface area contributed by atoms with Crippen LogP contribution in [0.2, 0.25) is 0 Å². The van der Waals surface area contributed by atoms with E-state index in [4.69, 9.17) is 4.74 Å². The third-order valence-electron chi connectivity index (χ3n) is 7.76. The Morgan fingerprint density at radius 3 is 2.40 bits per heavy atom. The highest BCUT2D eigenvalue weighted by molar-refractivity contribution is 5.92. The third-order valence-corrected chi connectivity index (χ3v) is 7.76. The second-order valence-corrected chi connectivity index (χ2v) is 12.3. The second-order valence-electron chi connectivity index (χ2n) is 12.3. The highest BCUT2D eigenvalue weighted by atomic mass is 16.5. The summed E-state index contributed by atoms with van der Waals surface area (Å²) in [6, 6.07) is 14.4. The van der Waals surface area contributed by atoms with Gasteiger partial charge < -0.3 is 31.1 Å². The summed E-state index contributed by atoms with van der Waals surface area (Å²) in [5.41, 5.74) is 2.16. The van der Waals surface area contributed by atoms with Crippen LogP contribution in [0.5, 0.6) is 5.75 Å². The maximum Gasteiger partial charge on any atom is 0.257 e. The number of carbonyl (C=O) groups is 4. The SMILES string of the molecule is CC(C)C[C@H]1NC(=O)Cc2cccc(c2)OCC(=O)NCCCN(Cc2ccccc2C#N)CCCCNC(=O)[C@H]([C@@H](C)O)NC1=O. The Hall–Kier alpha value is -4.47. The van der Waals surface area contributed by atoms with Crippen molar-refractivity contribution in [3.05, 3.63) is 65.2 Å². The molecule has 0 aliphatic carbocycles. The van der Waals surface area contributed by atoms with Crippen molar-refractivity contribution >= 4 is 23.6 Å². The molecule has 12 nitrogen and oxygen atoms in total. The molecule has 2 aromatic carbocycles. The Balaban J connectivity index is 1.76.